The molecule has 1 aromatic carbocycles. The fraction of sp³-hybridized carbons (Fsp3) is 0.286. The topological polar surface area (TPSA) is 85.9 Å². The van der Waals surface area contributed by atoms with E-state index in [1.165, 1.54) is 6.26 Å². The van der Waals surface area contributed by atoms with Gasteiger partial charge in [-0.25, -0.2) is 0 Å². The summed E-state index contributed by atoms with van der Waals surface area (Å²) in [5.74, 6) is -0.104. The number of hydrogen-bond donors (Lipinski definition) is 2. The van der Waals surface area contributed by atoms with Crippen molar-refractivity contribution in [3.05, 3.63) is 36.6 Å². The van der Waals surface area contributed by atoms with Crippen LogP contribution >= 0.6 is 0 Å². The first kappa shape index (κ1) is 14.7. The van der Waals surface area contributed by atoms with E-state index in [0.29, 0.717) is 11.5 Å². The monoisotopic (exact) mass is 292 g/mol. The van der Waals surface area contributed by atoms with E-state index in [0.717, 1.165) is 5.56 Å². The van der Waals surface area contributed by atoms with E-state index < -0.39 is 11.8 Å². The van der Waals surface area contributed by atoms with Crippen molar-refractivity contribution < 1.29 is 23.8 Å². The van der Waals surface area contributed by atoms with Crippen molar-refractivity contribution in [1.29, 1.82) is 0 Å². The second-order valence-corrected chi connectivity index (χ2v) is 4.16. The van der Waals surface area contributed by atoms with E-state index in [9.17, 15) is 9.59 Å². The van der Waals surface area contributed by atoms with E-state index in [1.54, 1.807) is 18.2 Å². The largest absolute Gasteiger partial charge is 0.500 e. The molecule has 0 atom stereocenters. The molecular formula is C14H16N2O5. The zero-order chi connectivity index (χ0) is 15.1. The molecule has 2 amide bonds. The standard InChI is InChI=1S/C14H16N2O5/c1-2-19-6-5-15-13(17)14(18)16-8-10-3-4-11-12(7-10)21-9-20-11/h2-4,7H,1,5-6,8-9H2,(H,15,17)(H,16,18). The summed E-state index contributed by atoms with van der Waals surface area (Å²) in [6, 6.07) is 5.32. The molecule has 1 aliphatic heterocycles. The van der Waals surface area contributed by atoms with Crippen LogP contribution in [0.3, 0.4) is 0 Å². The number of hydrogen-bond acceptors (Lipinski definition) is 5. The van der Waals surface area contributed by atoms with E-state index in [1.807, 2.05) is 0 Å². The highest BCUT2D eigenvalue weighted by molar-refractivity contribution is 6.35. The number of amides is 2. The molecular weight excluding hydrogens is 276 g/mol. The fourth-order valence-electron chi connectivity index (χ4n) is 1.70. The van der Waals surface area contributed by atoms with Gasteiger partial charge in [-0.15, -0.1) is 0 Å². The summed E-state index contributed by atoms with van der Waals surface area (Å²) < 4.78 is 15.2. The van der Waals surface area contributed by atoms with Gasteiger partial charge >= 0.3 is 11.8 Å². The van der Waals surface area contributed by atoms with Crippen molar-refractivity contribution in [2.45, 2.75) is 6.54 Å². The molecule has 2 N–H and O–H groups in total. The number of nitrogens with one attached hydrogen (secondary N) is 2. The minimum absolute atomic E-state index is 0.195. The van der Waals surface area contributed by atoms with Gasteiger partial charge in [-0.3, -0.25) is 9.59 Å². The van der Waals surface area contributed by atoms with Gasteiger partial charge in [0.15, 0.2) is 11.5 Å². The normalized spacial score (nSPS) is 11.6. The maximum Gasteiger partial charge on any atom is 0.309 e. The number of rotatable bonds is 6. The van der Waals surface area contributed by atoms with Crippen LogP contribution in [-0.4, -0.2) is 31.8 Å². The third-order valence-corrected chi connectivity index (χ3v) is 2.72. The van der Waals surface area contributed by atoms with Crippen LogP contribution in [0.2, 0.25) is 0 Å². The highest BCUT2D eigenvalue weighted by Crippen LogP contribution is 2.32. The number of carbonyl (C=O) groups is 2. The van der Waals surface area contributed by atoms with Gasteiger partial charge in [-0.2, -0.15) is 0 Å². The molecule has 0 saturated heterocycles. The molecule has 0 unspecified atom stereocenters. The number of ether oxygens (including phenoxy) is 3. The lowest BCUT2D eigenvalue weighted by atomic mass is 10.2. The van der Waals surface area contributed by atoms with E-state index >= 15 is 0 Å². The smallest absolute Gasteiger partial charge is 0.309 e. The number of fused-ring (bicyclic) bond motifs is 1. The van der Waals surface area contributed by atoms with Crippen molar-refractivity contribution in [3.63, 3.8) is 0 Å². The zero-order valence-electron chi connectivity index (χ0n) is 11.4. The summed E-state index contributed by atoms with van der Waals surface area (Å²) in [6.45, 7) is 4.30. The highest BCUT2D eigenvalue weighted by atomic mass is 16.7. The Labute approximate surface area is 121 Å². The molecule has 7 nitrogen and oxygen atoms in total. The minimum atomic E-state index is -0.705. The van der Waals surface area contributed by atoms with Gasteiger partial charge < -0.3 is 24.8 Å². The molecule has 0 aliphatic carbocycles. The Bertz CT molecular complexity index is 544. The molecule has 1 aromatic rings. The van der Waals surface area contributed by atoms with Crippen LogP contribution in [0, 0.1) is 0 Å². The van der Waals surface area contributed by atoms with E-state index in [-0.39, 0.29) is 26.5 Å². The molecule has 7 heteroatoms. The average Bonchev–Trinajstić information content (AvgIpc) is 2.96. The van der Waals surface area contributed by atoms with Gasteiger partial charge in [-0.1, -0.05) is 12.6 Å². The highest BCUT2D eigenvalue weighted by Gasteiger charge is 2.15. The number of carbonyl (C=O) groups excluding carboxylic acids is 2. The first-order valence-electron chi connectivity index (χ1n) is 6.38. The first-order chi connectivity index (χ1) is 10.2. The maximum atomic E-state index is 11.6. The third kappa shape index (κ3) is 4.13. The van der Waals surface area contributed by atoms with Gasteiger partial charge in [-0.05, 0) is 17.7 Å². The Kier molecular flexibility index (Phi) is 5.03. The fourth-order valence-corrected chi connectivity index (χ4v) is 1.70. The van der Waals surface area contributed by atoms with Crippen molar-refractivity contribution in [3.8, 4) is 11.5 Å². The second-order valence-electron chi connectivity index (χ2n) is 4.16. The summed E-state index contributed by atoms with van der Waals surface area (Å²) in [6.07, 6.45) is 1.27. The van der Waals surface area contributed by atoms with Crippen molar-refractivity contribution >= 4 is 11.8 Å². The molecule has 0 fully saturated rings. The van der Waals surface area contributed by atoms with E-state index in [4.69, 9.17) is 14.2 Å². The van der Waals surface area contributed by atoms with Gasteiger partial charge in [0.2, 0.25) is 6.79 Å². The average molecular weight is 292 g/mol. The van der Waals surface area contributed by atoms with Gasteiger partial charge in [0, 0.05) is 6.54 Å². The predicted molar refractivity (Wildman–Crippen MR) is 73.6 cm³/mol. The Morgan fingerprint density at radius 3 is 2.81 bits per heavy atom. The van der Waals surface area contributed by atoms with Gasteiger partial charge in [0.25, 0.3) is 0 Å². The summed E-state index contributed by atoms with van der Waals surface area (Å²) >= 11 is 0. The maximum absolute atomic E-state index is 11.6. The molecule has 112 valence electrons. The van der Waals surface area contributed by atoms with Gasteiger partial charge in [0.1, 0.15) is 6.61 Å². The Morgan fingerprint density at radius 2 is 2.00 bits per heavy atom. The van der Waals surface area contributed by atoms with Gasteiger partial charge in [0.05, 0.1) is 12.8 Å². The summed E-state index contributed by atoms with van der Waals surface area (Å²) in [7, 11) is 0. The predicted octanol–water partition coefficient (Wildman–Crippen LogP) is 0.308. The second kappa shape index (κ2) is 7.18. The molecule has 1 aliphatic rings. The van der Waals surface area contributed by atoms with Crippen LogP contribution in [0.5, 0.6) is 11.5 Å². The lowest BCUT2D eigenvalue weighted by Gasteiger charge is -2.07. The molecule has 21 heavy (non-hydrogen) atoms. The molecule has 0 aromatic heterocycles. The van der Waals surface area contributed by atoms with Crippen molar-refractivity contribution in [2.75, 3.05) is 19.9 Å². The third-order valence-electron chi connectivity index (χ3n) is 2.72. The van der Waals surface area contributed by atoms with Crippen LogP contribution < -0.4 is 20.1 Å². The molecule has 0 bridgehead atoms. The van der Waals surface area contributed by atoms with Crippen LogP contribution in [0.15, 0.2) is 31.0 Å². The summed E-state index contributed by atoms with van der Waals surface area (Å²) in [5, 5.41) is 4.95. The lowest BCUT2D eigenvalue weighted by Crippen LogP contribution is -2.40. The summed E-state index contributed by atoms with van der Waals surface area (Å²) in [4.78, 5) is 23.0. The van der Waals surface area contributed by atoms with Crippen LogP contribution in [0.1, 0.15) is 5.56 Å². The SMILES string of the molecule is C=COCCNC(=O)C(=O)NCc1ccc2c(c1)OCO2. The quantitative estimate of drug-likeness (QED) is 0.448. The Morgan fingerprint density at radius 1 is 1.24 bits per heavy atom. The first-order valence-corrected chi connectivity index (χ1v) is 6.38. The molecule has 0 spiro atoms. The molecule has 0 radical (unpaired) electrons. The number of benzene rings is 1. The van der Waals surface area contributed by atoms with Crippen LogP contribution in [0.4, 0.5) is 0 Å². The molecule has 0 saturated carbocycles. The Balaban J connectivity index is 1.75. The summed E-state index contributed by atoms with van der Waals surface area (Å²) in [5.41, 5.74) is 0.815. The van der Waals surface area contributed by atoms with Crippen LogP contribution in [0.25, 0.3) is 0 Å². The lowest BCUT2D eigenvalue weighted by molar-refractivity contribution is -0.139. The van der Waals surface area contributed by atoms with Crippen molar-refractivity contribution in [2.24, 2.45) is 0 Å². The van der Waals surface area contributed by atoms with E-state index in [2.05, 4.69) is 17.2 Å². The Hall–Kier alpha value is -2.70. The zero-order valence-corrected chi connectivity index (χ0v) is 11.4. The van der Waals surface area contributed by atoms with Crippen molar-refractivity contribution in [1.82, 2.24) is 10.6 Å². The molecule has 1 heterocycles. The molecule has 2 rings (SSSR count). The minimum Gasteiger partial charge on any atom is -0.500 e. The van der Waals surface area contributed by atoms with Crippen LogP contribution in [-0.2, 0) is 20.9 Å².